The fraction of sp³-hybridized carbons (Fsp3) is 0.281. The van der Waals surface area contributed by atoms with Gasteiger partial charge in [-0.1, -0.05) is 61.2 Å². The number of thioether (sulfide) groups is 1. The highest BCUT2D eigenvalue weighted by atomic mass is 79.9. The highest BCUT2D eigenvalue weighted by molar-refractivity contribution is 9.10. The number of nitrogens with zero attached hydrogens (tertiary/aromatic N) is 3. The molecule has 1 aliphatic heterocycles. The molecule has 4 aromatic rings. The zero-order chi connectivity index (χ0) is 30.3. The van der Waals surface area contributed by atoms with E-state index >= 15 is 0 Å². The zero-order valence-electron chi connectivity index (χ0n) is 24.5. The van der Waals surface area contributed by atoms with Crippen molar-refractivity contribution in [1.82, 2.24) is 14.8 Å². The summed E-state index contributed by atoms with van der Waals surface area (Å²) in [5, 5.41) is 11.8. The lowest BCUT2D eigenvalue weighted by molar-refractivity contribution is -0.113. The molecule has 1 unspecified atom stereocenters. The van der Waals surface area contributed by atoms with E-state index in [4.69, 9.17) is 24.3 Å². The van der Waals surface area contributed by atoms with Crippen LogP contribution >= 0.6 is 27.7 Å². The molecule has 2 N–H and O–H groups in total. The second-order valence-electron chi connectivity index (χ2n) is 9.77. The molecular weight excluding hydrogens is 630 g/mol. The summed E-state index contributed by atoms with van der Waals surface area (Å²) in [6.07, 6.45) is 0.990. The number of halogens is 1. The molecule has 5 rings (SSSR count). The Kier molecular flexibility index (Phi) is 9.93. The fourth-order valence-corrected chi connectivity index (χ4v) is 6.05. The fourth-order valence-electron chi connectivity index (χ4n) is 4.80. The first-order valence-electron chi connectivity index (χ1n) is 14.1. The molecule has 11 heteroatoms. The van der Waals surface area contributed by atoms with E-state index in [0.29, 0.717) is 63.0 Å². The SMILES string of the molecule is CCCSc1nc2n(n1)C(c1cc(Br)c(OCc3ccccc3)c(OC)c1)C(C(=O)Nc1ccccc1OCC)=C(C)N2. The Morgan fingerprint density at radius 3 is 2.58 bits per heavy atom. The van der Waals surface area contributed by atoms with E-state index in [-0.39, 0.29) is 5.91 Å². The monoisotopic (exact) mass is 663 g/mol. The largest absolute Gasteiger partial charge is 0.493 e. The van der Waals surface area contributed by atoms with Crippen LogP contribution in [0.2, 0.25) is 0 Å². The van der Waals surface area contributed by atoms with Crippen LogP contribution in [0.3, 0.4) is 0 Å². The summed E-state index contributed by atoms with van der Waals surface area (Å²) in [4.78, 5) is 18.8. The van der Waals surface area contributed by atoms with Gasteiger partial charge in [-0.3, -0.25) is 4.79 Å². The predicted molar refractivity (Wildman–Crippen MR) is 173 cm³/mol. The summed E-state index contributed by atoms with van der Waals surface area (Å²) in [7, 11) is 1.60. The minimum Gasteiger partial charge on any atom is -0.493 e. The van der Waals surface area contributed by atoms with Crippen LogP contribution < -0.4 is 24.8 Å². The number of aromatic nitrogens is 3. The van der Waals surface area contributed by atoms with Gasteiger partial charge in [-0.2, -0.15) is 4.98 Å². The van der Waals surface area contributed by atoms with E-state index in [0.717, 1.165) is 23.3 Å². The molecule has 3 aromatic carbocycles. The Balaban J connectivity index is 1.56. The van der Waals surface area contributed by atoms with Crippen LogP contribution in [-0.4, -0.2) is 40.1 Å². The molecule has 2 heterocycles. The zero-order valence-corrected chi connectivity index (χ0v) is 26.9. The first-order valence-corrected chi connectivity index (χ1v) is 15.9. The van der Waals surface area contributed by atoms with Gasteiger partial charge in [0.2, 0.25) is 11.1 Å². The number of rotatable bonds is 12. The lowest BCUT2D eigenvalue weighted by Gasteiger charge is -2.29. The van der Waals surface area contributed by atoms with Crippen LogP contribution in [-0.2, 0) is 11.4 Å². The number of para-hydroxylation sites is 2. The van der Waals surface area contributed by atoms with Crippen molar-refractivity contribution in [2.45, 2.75) is 45.0 Å². The molecule has 1 aliphatic rings. The van der Waals surface area contributed by atoms with Crippen molar-refractivity contribution in [3.05, 3.63) is 93.6 Å². The summed E-state index contributed by atoms with van der Waals surface area (Å²) < 4.78 is 20.2. The van der Waals surface area contributed by atoms with E-state index in [1.807, 2.05) is 80.6 Å². The number of fused-ring (bicyclic) bond motifs is 1. The Hall–Kier alpha value is -3.96. The van der Waals surface area contributed by atoms with Crippen molar-refractivity contribution in [2.24, 2.45) is 0 Å². The third-order valence-corrected chi connectivity index (χ3v) is 8.37. The van der Waals surface area contributed by atoms with E-state index in [1.54, 1.807) is 23.6 Å². The molecule has 0 aliphatic carbocycles. The molecule has 224 valence electrons. The summed E-state index contributed by atoms with van der Waals surface area (Å²) in [6.45, 7) is 6.75. The number of ether oxygens (including phenoxy) is 3. The van der Waals surface area contributed by atoms with Gasteiger partial charge in [0.15, 0.2) is 11.5 Å². The molecule has 9 nitrogen and oxygen atoms in total. The first-order chi connectivity index (χ1) is 20.9. The van der Waals surface area contributed by atoms with Crippen LogP contribution in [0.25, 0.3) is 0 Å². The molecule has 43 heavy (non-hydrogen) atoms. The number of nitrogens with one attached hydrogen (secondary N) is 2. The number of benzene rings is 3. The van der Waals surface area contributed by atoms with E-state index in [1.165, 1.54) is 0 Å². The van der Waals surface area contributed by atoms with Crippen molar-refractivity contribution in [1.29, 1.82) is 0 Å². The van der Waals surface area contributed by atoms with Crippen LogP contribution in [0.5, 0.6) is 17.2 Å². The number of carbonyl (C=O) groups excluding carboxylic acids is 1. The number of amides is 1. The first kappa shape index (κ1) is 30.5. The minimum atomic E-state index is -0.604. The molecule has 0 radical (unpaired) electrons. The van der Waals surface area contributed by atoms with Crippen molar-refractivity contribution in [3.8, 4) is 17.2 Å². The number of methoxy groups -OCH3 is 1. The number of hydrogen-bond donors (Lipinski definition) is 2. The maximum atomic E-state index is 14.1. The smallest absolute Gasteiger partial charge is 0.255 e. The summed E-state index contributed by atoms with van der Waals surface area (Å²) >= 11 is 5.29. The van der Waals surface area contributed by atoms with Crippen LogP contribution in [0.15, 0.2) is 87.6 Å². The third-order valence-electron chi connectivity index (χ3n) is 6.74. The maximum absolute atomic E-state index is 14.1. The third kappa shape index (κ3) is 6.83. The molecular formula is C32H34BrN5O4S. The Morgan fingerprint density at radius 2 is 1.84 bits per heavy atom. The predicted octanol–water partition coefficient (Wildman–Crippen LogP) is 7.46. The van der Waals surface area contributed by atoms with Gasteiger partial charge in [0.1, 0.15) is 18.4 Å². The van der Waals surface area contributed by atoms with Gasteiger partial charge in [-0.25, -0.2) is 4.68 Å². The highest BCUT2D eigenvalue weighted by Crippen LogP contribution is 2.43. The molecule has 0 bridgehead atoms. The molecule has 0 spiro atoms. The second-order valence-corrected chi connectivity index (χ2v) is 11.7. The highest BCUT2D eigenvalue weighted by Gasteiger charge is 2.35. The lowest BCUT2D eigenvalue weighted by Crippen LogP contribution is -2.31. The van der Waals surface area contributed by atoms with Crippen molar-refractivity contribution in [3.63, 3.8) is 0 Å². The van der Waals surface area contributed by atoms with Gasteiger partial charge < -0.3 is 24.8 Å². The number of carbonyl (C=O) groups is 1. The van der Waals surface area contributed by atoms with E-state index in [2.05, 4.69) is 33.5 Å². The Labute approximate surface area is 264 Å². The van der Waals surface area contributed by atoms with Crippen LogP contribution in [0.1, 0.15) is 44.4 Å². The maximum Gasteiger partial charge on any atom is 0.255 e. The minimum absolute atomic E-state index is 0.287. The van der Waals surface area contributed by atoms with Crippen molar-refractivity contribution in [2.75, 3.05) is 30.1 Å². The van der Waals surface area contributed by atoms with Gasteiger partial charge >= 0.3 is 0 Å². The number of anilines is 2. The van der Waals surface area contributed by atoms with Gasteiger partial charge in [0, 0.05) is 11.4 Å². The van der Waals surface area contributed by atoms with Crippen LogP contribution in [0.4, 0.5) is 11.6 Å². The Morgan fingerprint density at radius 1 is 1.07 bits per heavy atom. The average molecular weight is 665 g/mol. The lowest BCUT2D eigenvalue weighted by atomic mass is 9.94. The topological polar surface area (TPSA) is 99.5 Å². The van der Waals surface area contributed by atoms with Gasteiger partial charge in [-0.15, -0.1) is 5.10 Å². The summed E-state index contributed by atoms with van der Waals surface area (Å²) in [6, 6.07) is 20.5. The van der Waals surface area contributed by atoms with Gasteiger partial charge in [-0.05, 0) is 71.6 Å². The van der Waals surface area contributed by atoms with Crippen LogP contribution in [0, 0.1) is 0 Å². The molecule has 1 amide bonds. The molecule has 0 fully saturated rings. The summed E-state index contributed by atoms with van der Waals surface area (Å²) in [5.41, 5.74) is 3.55. The summed E-state index contributed by atoms with van der Waals surface area (Å²) in [5.74, 6) is 2.85. The molecule has 1 atom stereocenters. The number of hydrogen-bond acceptors (Lipinski definition) is 8. The van der Waals surface area contributed by atoms with E-state index < -0.39 is 6.04 Å². The van der Waals surface area contributed by atoms with Gasteiger partial charge in [0.25, 0.3) is 5.91 Å². The molecule has 0 saturated heterocycles. The van der Waals surface area contributed by atoms with Gasteiger partial charge in [0.05, 0.1) is 29.4 Å². The average Bonchev–Trinajstić information content (AvgIpc) is 3.42. The molecule has 1 aromatic heterocycles. The van der Waals surface area contributed by atoms with Crippen molar-refractivity contribution < 1.29 is 19.0 Å². The number of allylic oxidation sites excluding steroid dienone is 1. The quantitative estimate of drug-likeness (QED) is 0.151. The van der Waals surface area contributed by atoms with E-state index in [9.17, 15) is 4.79 Å². The second kappa shape index (κ2) is 14.0. The normalized spacial score (nSPS) is 14.1. The standard InChI is InChI=1S/C32H34BrN5O4S/c1-5-16-43-32-36-31-34-20(3)27(30(39)35-24-14-10-11-15-25(24)41-6-2)28(38(31)37-32)22-17-23(33)29(26(18-22)40-4)42-19-21-12-8-7-9-13-21/h7-15,17-18,28H,5-6,16,19H2,1-4H3,(H,35,39)(H,34,36,37). The molecule has 0 saturated carbocycles. The Bertz CT molecular complexity index is 1630. The van der Waals surface area contributed by atoms with Crippen molar-refractivity contribution >= 4 is 45.2 Å².